The number of hydrogen-bond acceptors (Lipinski definition) is 5. The first-order valence-electron chi connectivity index (χ1n) is 5.14. The summed E-state index contributed by atoms with van der Waals surface area (Å²) in [6, 6.07) is 5.77. The Kier molecular flexibility index (Phi) is 2.53. The number of aromatic hydroxyl groups is 1. The molecule has 5 heteroatoms. The van der Waals surface area contributed by atoms with Crippen LogP contribution in [-0.4, -0.2) is 22.8 Å². The van der Waals surface area contributed by atoms with Crippen molar-refractivity contribution in [3.8, 4) is 5.75 Å². The normalized spacial score (nSPS) is 19.6. The van der Waals surface area contributed by atoms with Crippen molar-refractivity contribution in [3.63, 3.8) is 0 Å². The maximum atomic E-state index is 11.7. The smallest absolute Gasteiger partial charge is 0.328 e. The Morgan fingerprint density at radius 1 is 1.06 bits per heavy atom. The molecule has 0 spiro atoms. The highest BCUT2D eigenvalue weighted by molar-refractivity contribution is 6.02. The molecule has 0 aromatic heterocycles. The first-order chi connectivity index (χ1) is 7.89. The van der Waals surface area contributed by atoms with E-state index in [4.69, 9.17) is 14.6 Å². The minimum atomic E-state index is -1.22. The highest BCUT2D eigenvalue weighted by Gasteiger charge is 2.43. The lowest BCUT2D eigenvalue weighted by Crippen LogP contribution is -2.45. The highest BCUT2D eigenvalue weighted by atomic mass is 16.7. The summed E-state index contributed by atoms with van der Waals surface area (Å²) in [7, 11) is 0. The van der Waals surface area contributed by atoms with Gasteiger partial charge in [-0.2, -0.15) is 0 Å². The largest absolute Gasteiger partial charge is 0.508 e. The number of cyclic esters (lactones) is 2. The first-order valence-corrected chi connectivity index (χ1v) is 5.14. The van der Waals surface area contributed by atoms with E-state index < -0.39 is 23.6 Å². The Balaban J connectivity index is 2.30. The Bertz CT molecular complexity index is 440. The number of esters is 2. The van der Waals surface area contributed by atoms with Crippen LogP contribution in [0.2, 0.25) is 0 Å². The molecule has 1 aromatic carbocycles. The molecular weight excluding hydrogens is 224 g/mol. The summed E-state index contributed by atoms with van der Waals surface area (Å²) in [6.45, 7) is 2.99. The number of hydrogen-bond donors (Lipinski definition) is 1. The number of rotatable bonds is 1. The van der Waals surface area contributed by atoms with Gasteiger partial charge < -0.3 is 14.6 Å². The fourth-order valence-electron chi connectivity index (χ4n) is 1.66. The van der Waals surface area contributed by atoms with Crippen molar-refractivity contribution < 1.29 is 24.2 Å². The molecule has 0 bridgehead atoms. The van der Waals surface area contributed by atoms with Crippen molar-refractivity contribution >= 4 is 11.9 Å². The van der Waals surface area contributed by atoms with E-state index in [1.807, 2.05) is 0 Å². The van der Waals surface area contributed by atoms with E-state index in [2.05, 4.69) is 0 Å². The number of phenolic OH excluding ortho intramolecular Hbond substituents is 1. The lowest BCUT2D eigenvalue weighted by molar-refractivity contribution is -0.234. The minimum Gasteiger partial charge on any atom is -0.508 e. The third kappa shape index (κ3) is 2.22. The lowest BCUT2D eigenvalue weighted by Gasteiger charge is -2.32. The van der Waals surface area contributed by atoms with Gasteiger partial charge in [-0.25, -0.2) is 0 Å². The van der Waals surface area contributed by atoms with E-state index in [0.29, 0.717) is 5.56 Å². The number of benzene rings is 1. The number of ether oxygens (including phenoxy) is 2. The Labute approximate surface area is 98.0 Å². The molecule has 0 amide bonds. The molecule has 2 rings (SSSR count). The molecular formula is C12H12O5. The van der Waals surface area contributed by atoms with Crippen LogP contribution in [0.1, 0.15) is 25.3 Å². The average Bonchev–Trinajstić information content (AvgIpc) is 2.18. The molecule has 1 aliphatic rings. The Morgan fingerprint density at radius 3 is 2.00 bits per heavy atom. The zero-order valence-corrected chi connectivity index (χ0v) is 9.47. The summed E-state index contributed by atoms with van der Waals surface area (Å²) in [4.78, 5) is 23.4. The summed E-state index contributed by atoms with van der Waals surface area (Å²) in [5.74, 6) is -3.52. The third-order valence-electron chi connectivity index (χ3n) is 2.39. The summed E-state index contributed by atoms with van der Waals surface area (Å²) < 4.78 is 9.99. The van der Waals surface area contributed by atoms with Crippen LogP contribution in [0.5, 0.6) is 5.75 Å². The third-order valence-corrected chi connectivity index (χ3v) is 2.39. The summed E-state index contributed by atoms with van der Waals surface area (Å²) in [6.07, 6.45) is 0. The monoisotopic (exact) mass is 236 g/mol. The molecule has 0 aliphatic carbocycles. The van der Waals surface area contributed by atoms with Gasteiger partial charge in [0.25, 0.3) is 5.79 Å². The van der Waals surface area contributed by atoms with Crippen LogP contribution in [0.15, 0.2) is 24.3 Å². The van der Waals surface area contributed by atoms with Crippen molar-refractivity contribution in [2.75, 3.05) is 0 Å². The summed E-state index contributed by atoms with van der Waals surface area (Å²) in [5, 5.41) is 9.14. The van der Waals surface area contributed by atoms with Crippen LogP contribution < -0.4 is 0 Å². The van der Waals surface area contributed by atoms with E-state index in [9.17, 15) is 9.59 Å². The molecule has 1 fully saturated rings. The molecule has 1 heterocycles. The zero-order chi connectivity index (χ0) is 12.6. The number of phenols is 1. The zero-order valence-electron chi connectivity index (χ0n) is 9.47. The van der Waals surface area contributed by atoms with Crippen LogP contribution in [0, 0.1) is 0 Å². The summed E-state index contributed by atoms with van der Waals surface area (Å²) in [5.41, 5.74) is 0.438. The molecule has 0 saturated carbocycles. The second-order valence-corrected chi connectivity index (χ2v) is 4.27. The van der Waals surface area contributed by atoms with E-state index >= 15 is 0 Å². The van der Waals surface area contributed by atoms with Crippen molar-refractivity contribution in [3.05, 3.63) is 29.8 Å². The summed E-state index contributed by atoms with van der Waals surface area (Å²) >= 11 is 0. The Morgan fingerprint density at radius 2 is 1.53 bits per heavy atom. The number of carbonyl (C=O) groups excluding carboxylic acids is 2. The van der Waals surface area contributed by atoms with Gasteiger partial charge in [0.05, 0.1) is 0 Å². The van der Waals surface area contributed by atoms with Crippen LogP contribution in [0.25, 0.3) is 0 Å². The van der Waals surface area contributed by atoms with Gasteiger partial charge in [-0.05, 0) is 17.7 Å². The van der Waals surface area contributed by atoms with Gasteiger partial charge in [0, 0.05) is 13.8 Å². The fourth-order valence-corrected chi connectivity index (χ4v) is 1.66. The minimum absolute atomic E-state index is 0.0617. The quantitative estimate of drug-likeness (QED) is 0.588. The molecule has 1 aliphatic heterocycles. The number of carbonyl (C=O) groups is 2. The van der Waals surface area contributed by atoms with E-state index in [-0.39, 0.29) is 5.75 Å². The second-order valence-electron chi connectivity index (χ2n) is 4.27. The second kappa shape index (κ2) is 3.76. The molecule has 0 unspecified atom stereocenters. The molecule has 1 aromatic rings. The van der Waals surface area contributed by atoms with Crippen LogP contribution in [0.4, 0.5) is 0 Å². The topological polar surface area (TPSA) is 72.8 Å². The Hall–Kier alpha value is -2.04. The maximum Gasteiger partial charge on any atom is 0.328 e. The van der Waals surface area contributed by atoms with Gasteiger partial charge in [-0.1, -0.05) is 12.1 Å². The van der Waals surface area contributed by atoms with E-state index in [1.165, 1.54) is 38.1 Å². The van der Waals surface area contributed by atoms with Crippen LogP contribution >= 0.6 is 0 Å². The van der Waals surface area contributed by atoms with Crippen molar-refractivity contribution in [2.24, 2.45) is 0 Å². The van der Waals surface area contributed by atoms with E-state index in [1.54, 1.807) is 0 Å². The predicted octanol–water partition coefficient (Wildman–Crippen LogP) is 1.31. The molecule has 5 nitrogen and oxygen atoms in total. The first kappa shape index (κ1) is 11.4. The predicted molar refractivity (Wildman–Crippen MR) is 57.1 cm³/mol. The van der Waals surface area contributed by atoms with Crippen LogP contribution in [0.3, 0.4) is 0 Å². The SMILES string of the molecule is CC1(C)OC(=O)C(c2ccc(O)cc2)C(=O)O1. The lowest BCUT2D eigenvalue weighted by atomic mass is 9.98. The standard InChI is InChI=1S/C12H12O5/c1-12(2)16-10(14)9(11(15)17-12)7-3-5-8(13)6-4-7/h3-6,9,13H,1-2H3. The van der Waals surface area contributed by atoms with Crippen molar-refractivity contribution in [1.29, 1.82) is 0 Å². The molecule has 1 N–H and O–H groups in total. The van der Waals surface area contributed by atoms with Crippen molar-refractivity contribution in [2.45, 2.75) is 25.6 Å². The van der Waals surface area contributed by atoms with Crippen LogP contribution in [-0.2, 0) is 19.1 Å². The van der Waals surface area contributed by atoms with Gasteiger partial charge >= 0.3 is 11.9 Å². The fraction of sp³-hybridized carbons (Fsp3) is 0.333. The van der Waals surface area contributed by atoms with Gasteiger partial charge in [0.2, 0.25) is 0 Å². The van der Waals surface area contributed by atoms with Gasteiger partial charge in [-0.3, -0.25) is 9.59 Å². The van der Waals surface area contributed by atoms with Crippen molar-refractivity contribution in [1.82, 2.24) is 0 Å². The highest BCUT2D eigenvalue weighted by Crippen LogP contribution is 2.30. The van der Waals surface area contributed by atoms with Gasteiger partial charge in [0.15, 0.2) is 5.92 Å². The maximum absolute atomic E-state index is 11.7. The van der Waals surface area contributed by atoms with E-state index in [0.717, 1.165) is 0 Å². The molecule has 1 saturated heterocycles. The molecule has 17 heavy (non-hydrogen) atoms. The molecule has 0 radical (unpaired) electrons. The average molecular weight is 236 g/mol. The molecule has 0 atom stereocenters. The molecule has 90 valence electrons. The van der Waals surface area contributed by atoms with Gasteiger partial charge in [0.1, 0.15) is 5.75 Å². The van der Waals surface area contributed by atoms with Gasteiger partial charge in [-0.15, -0.1) is 0 Å².